The third-order valence-electron chi connectivity index (χ3n) is 4.16. The van der Waals surface area contributed by atoms with E-state index in [0.717, 1.165) is 43.9 Å². The van der Waals surface area contributed by atoms with Crippen molar-refractivity contribution >= 4 is 17.2 Å². The van der Waals surface area contributed by atoms with Gasteiger partial charge in [-0.25, -0.2) is 0 Å². The maximum absolute atomic E-state index is 12.5. The number of amides is 1. The maximum atomic E-state index is 12.5. The van der Waals surface area contributed by atoms with Gasteiger partial charge in [0.25, 0.3) is 5.91 Å². The summed E-state index contributed by atoms with van der Waals surface area (Å²) >= 11 is 1.15. The van der Waals surface area contributed by atoms with Crippen molar-refractivity contribution in [2.75, 3.05) is 39.3 Å². The molecule has 0 bridgehead atoms. The van der Waals surface area contributed by atoms with Crippen LogP contribution in [0.3, 0.4) is 0 Å². The Morgan fingerprint density at radius 2 is 2.14 bits per heavy atom. The van der Waals surface area contributed by atoms with Crippen molar-refractivity contribution in [3.05, 3.63) is 16.3 Å². The van der Waals surface area contributed by atoms with E-state index in [1.807, 2.05) is 0 Å². The number of nitrogens with one attached hydrogen (secondary N) is 1. The second-order valence-electron chi connectivity index (χ2n) is 5.47. The summed E-state index contributed by atoms with van der Waals surface area (Å²) in [6, 6.07) is 1.79. The Bertz CT molecular complexity index is 520. The van der Waals surface area contributed by atoms with Gasteiger partial charge in [-0.3, -0.25) is 9.69 Å². The fraction of sp³-hybridized carbons (Fsp3) is 0.643. The molecule has 1 atom stereocenters. The van der Waals surface area contributed by atoms with Crippen LogP contribution < -0.4 is 10.1 Å². The normalized spacial score (nSPS) is 23.2. The van der Waals surface area contributed by atoms with E-state index in [4.69, 9.17) is 0 Å². The summed E-state index contributed by atoms with van der Waals surface area (Å²) in [6.45, 7) is 2.35. The SMILES string of the molecule is O=C(c1sccc1OC(F)F)N1CCC(N2CCNCC2)C1. The highest BCUT2D eigenvalue weighted by Gasteiger charge is 2.33. The van der Waals surface area contributed by atoms with Gasteiger partial charge in [0.2, 0.25) is 0 Å². The van der Waals surface area contributed by atoms with E-state index in [1.165, 1.54) is 6.07 Å². The third kappa shape index (κ3) is 3.39. The minimum absolute atomic E-state index is 0.0179. The average Bonchev–Trinajstić information content (AvgIpc) is 3.16. The molecule has 1 unspecified atom stereocenters. The Morgan fingerprint density at radius 3 is 2.86 bits per heavy atom. The largest absolute Gasteiger partial charge is 0.433 e. The van der Waals surface area contributed by atoms with E-state index in [1.54, 1.807) is 10.3 Å². The quantitative estimate of drug-likeness (QED) is 0.907. The van der Waals surface area contributed by atoms with Gasteiger partial charge in [-0.15, -0.1) is 11.3 Å². The zero-order valence-corrected chi connectivity index (χ0v) is 13.0. The number of carbonyl (C=O) groups is 1. The fourth-order valence-corrected chi connectivity index (χ4v) is 3.85. The van der Waals surface area contributed by atoms with Gasteiger partial charge in [0, 0.05) is 45.3 Å². The summed E-state index contributed by atoms with van der Waals surface area (Å²) in [6.07, 6.45) is 0.933. The molecule has 3 rings (SSSR count). The number of rotatable bonds is 4. The first-order valence-corrected chi connectivity index (χ1v) is 8.29. The van der Waals surface area contributed by atoms with Crippen molar-refractivity contribution in [2.24, 2.45) is 0 Å². The van der Waals surface area contributed by atoms with Crippen LogP contribution in [-0.4, -0.2) is 67.6 Å². The molecule has 1 amide bonds. The van der Waals surface area contributed by atoms with Crippen molar-refractivity contribution in [2.45, 2.75) is 19.1 Å². The second-order valence-corrected chi connectivity index (χ2v) is 6.39. The van der Waals surface area contributed by atoms with E-state index in [9.17, 15) is 13.6 Å². The summed E-state index contributed by atoms with van der Waals surface area (Å²) in [5, 5.41) is 4.92. The summed E-state index contributed by atoms with van der Waals surface area (Å²) in [5.41, 5.74) is 0. The van der Waals surface area contributed by atoms with Crippen molar-refractivity contribution in [1.29, 1.82) is 0 Å². The minimum Gasteiger partial charge on any atom is -0.433 e. The standard InChI is InChI=1S/C14H19F2N3O2S/c15-14(16)21-11-2-8-22-12(11)13(20)19-5-1-10(9-19)18-6-3-17-4-7-18/h2,8,10,14,17H,1,3-7,9H2. The lowest BCUT2D eigenvalue weighted by atomic mass is 10.2. The number of likely N-dealkylation sites (tertiary alicyclic amines) is 1. The van der Waals surface area contributed by atoms with Gasteiger partial charge in [-0.05, 0) is 17.9 Å². The molecule has 1 aromatic rings. The number of nitrogens with zero attached hydrogens (tertiary/aromatic N) is 2. The molecule has 0 aliphatic carbocycles. The number of thiophene rings is 1. The monoisotopic (exact) mass is 331 g/mol. The molecule has 0 saturated carbocycles. The summed E-state index contributed by atoms with van der Waals surface area (Å²) < 4.78 is 29.2. The van der Waals surface area contributed by atoms with E-state index in [2.05, 4.69) is 15.0 Å². The molecule has 8 heteroatoms. The Morgan fingerprint density at radius 1 is 1.36 bits per heavy atom. The fourth-order valence-electron chi connectivity index (χ4n) is 3.06. The Balaban J connectivity index is 1.62. The predicted octanol–water partition coefficient (Wildman–Crippen LogP) is 1.47. The zero-order chi connectivity index (χ0) is 15.5. The molecule has 2 aliphatic rings. The number of halogens is 2. The predicted molar refractivity (Wildman–Crippen MR) is 79.7 cm³/mol. The van der Waals surface area contributed by atoms with Crippen molar-refractivity contribution in [3.8, 4) is 5.75 Å². The smallest absolute Gasteiger partial charge is 0.387 e. The van der Waals surface area contributed by atoms with Crippen molar-refractivity contribution in [3.63, 3.8) is 0 Å². The Hall–Kier alpha value is -1.25. The molecule has 22 heavy (non-hydrogen) atoms. The second kappa shape index (κ2) is 6.89. The average molecular weight is 331 g/mol. The highest BCUT2D eigenvalue weighted by molar-refractivity contribution is 7.12. The molecule has 5 nitrogen and oxygen atoms in total. The molecule has 2 aliphatic heterocycles. The third-order valence-corrected chi connectivity index (χ3v) is 5.04. The van der Waals surface area contributed by atoms with Crippen LogP contribution in [0.1, 0.15) is 16.1 Å². The lowest BCUT2D eigenvalue weighted by Crippen LogP contribution is -2.49. The van der Waals surface area contributed by atoms with Crippen LogP contribution in [0.25, 0.3) is 0 Å². The number of hydrogen-bond acceptors (Lipinski definition) is 5. The van der Waals surface area contributed by atoms with E-state index in [0.29, 0.717) is 19.1 Å². The van der Waals surface area contributed by atoms with Gasteiger partial charge >= 0.3 is 6.61 Å². The highest BCUT2D eigenvalue weighted by atomic mass is 32.1. The molecule has 2 saturated heterocycles. The first-order valence-electron chi connectivity index (χ1n) is 7.41. The molecular formula is C14H19F2N3O2S. The van der Waals surface area contributed by atoms with Crippen LogP contribution in [-0.2, 0) is 0 Å². The van der Waals surface area contributed by atoms with Crippen LogP contribution in [0, 0.1) is 0 Å². The Kier molecular flexibility index (Phi) is 4.90. The molecule has 0 aromatic carbocycles. The number of ether oxygens (including phenoxy) is 1. The number of alkyl halides is 2. The van der Waals surface area contributed by atoms with Crippen LogP contribution in [0.2, 0.25) is 0 Å². The zero-order valence-electron chi connectivity index (χ0n) is 12.1. The summed E-state index contributed by atoms with van der Waals surface area (Å²) in [7, 11) is 0. The number of piperazine rings is 1. The molecule has 3 heterocycles. The van der Waals surface area contributed by atoms with Gasteiger partial charge in [0.15, 0.2) is 0 Å². The first kappa shape index (κ1) is 15.6. The highest BCUT2D eigenvalue weighted by Crippen LogP contribution is 2.29. The van der Waals surface area contributed by atoms with Gasteiger partial charge < -0.3 is 15.0 Å². The van der Waals surface area contributed by atoms with Crippen molar-refractivity contribution < 1.29 is 18.3 Å². The van der Waals surface area contributed by atoms with Gasteiger partial charge in [0.05, 0.1) is 0 Å². The lowest BCUT2D eigenvalue weighted by molar-refractivity contribution is -0.0499. The number of hydrogen-bond donors (Lipinski definition) is 1. The van der Waals surface area contributed by atoms with Crippen LogP contribution in [0.4, 0.5) is 8.78 Å². The molecule has 2 fully saturated rings. The van der Waals surface area contributed by atoms with Gasteiger partial charge in [0.1, 0.15) is 10.6 Å². The van der Waals surface area contributed by atoms with Gasteiger partial charge in [-0.1, -0.05) is 0 Å². The number of carbonyl (C=O) groups excluding carboxylic acids is 1. The van der Waals surface area contributed by atoms with Crippen LogP contribution >= 0.6 is 11.3 Å². The summed E-state index contributed by atoms with van der Waals surface area (Å²) in [5.74, 6) is -0.223. The lowest BCUT2D eigenvalue weighted by Gasteiger charge is -2.32. The molecule has 0 radical (unpaired) electrons. The summed E-state index contributed by atoms with van der Waals surface area (Å²) in [4.78, 5) is 16.9. The van der Waals surface area contributed by atoms with Crippen molar-refractivity contribution in [1.82, 2.24) is 15.1 Å². The molecule has 1 N–H and O–H groups in total. The van der Waals surface area contributed by atoms with Crippen LogP contribution in [0.15, 0.2) is 11.4 Å². The maximum Gasteiger partial charge on any atom is 0.387 e. The first-order chi connectivity index (χ1) is 10.6. The van der Waals surface area contributed by atoms with E-state index < -0.39 is 6.61 Å². The van der Waals surface area contributed by atoms with E-state index >= 15 is 0 Å². The van der Waals surface area contributed by atoms with Gasteiger partial charge in [-0.2, -0.15) is 8.78 Å². The molecule has 1 aromatic heterocycles. The van der Waals surface area contributed by atoms with E-state index in [-0.39, 0.29) is 16.5 Å². The molecule has 0 spiro atoms. The van der Waals surface area contributed by atoms with Crippen LogP contribution in [0.5, 0.6) is 5.75 Å². The Labute approximate surface area is 131 Å². The molecule has 122 valence electrons. The topological polar surface area (TPSA) is 44.8 Å². The molecular weight excluding hydrogens is 312 g/mol. The minimum atomic E-state index is -2.91.